The molecule has 0 N–H and O–H groups in total. The van der Waals surface area contributed by atoms with E-state index in [9.17, 15) is 14.4 Å². The van der Waals surface area contributed by atoms with E-state index < -0.39 is 24.0 Å². The minimum atomic E-state index is -0.970. The molecule has 2 rings (SSSR count). The van der Waals surface area contributed by atoms with Gasteiger partial charge in [0.1, 0.15) is 0 Å². The molecular weight excluding hydrogens is 340 g/mol. The molecule has 7 heteroatoms. The molecule has 0 spiro atoms. The standard InChI is InChI=1S/C19H18O7/c1-12(17(20)23-2)25-16-11-14(18(21)24-3)9-10-15(16)26-19(22)13-7-5-4-6-8-13/h4-12H,1-3H3. The SMILES string of the molecule is COC(=O)c1ccc(OC(=O)c2ccccc2)c(OC(C)C(=O)OC)c1. The molecule has 26 heavy (non-hydrogen) atoms. The van der Waals surface area contributed by atoms with E-state index in [2.05, 4.69) is 9.47 Å². The maximum absolute atomic E-state index is 12.3. The molecule has 0 aliphatic carbocycles. The molecule has 0 bridgehead atoms. The van der Waals surface area contributed by atoms with Gasteiger partial charge in [-0.25, -0.2) is 14.4 Å². The summed E-state index contributed by atoms with van der Waals surface area (Å²) in [5.41, 5.74) is 0.524. The fourth-order valence-corrected chi connectivity index (χ4v) is 2.07. The molecular formula is C19H18O7. The number of hydrogen-bond donors (Lipinski definition) is 0. The predicted molar refractivity (Wildman–Crippen MR) is 91.3 cm³/mol. The smallest absolute Gasteiger partial charge is 0.346 e. The van der Waals surface area contributed by atoms with Gasteiger partial charge < -0.3 is 18.9 Å². The van der Waals surface area contributed by atoms with E-state index in [1.165, 1.54) is 39.3 Å². The number of methoxy groups -OCH3 is 2. The van der Waals surface area contributed by atoms with Gasteiger partial charge in [0.15, 0.2) is 17.6 Å². The highest BCUT2D eigenvalue weighted by molar-refractivity contribution is 5.92. The number of ether oxygens (including phenoxy) is 4. The first-order chi connectivity index (χ1) is 12.5. The third-order valence-electron chi connectivity index (χ3n) is 3.41. The molecule has 1 unspecified atom stereocenters. The quantitative estimate of drug-likeness (QED) is 0.579. The maximum Gasteiger partial charge on any atom is 0.346 e. The van der Waals surface area contributed by atoms with E-state index in [1.54, 1.807) is 30.3 Å². The van der Waals surface area contributed by atoms with Gasteiger partial charge in [0, 0.05) is 0 Å². The summed E-state index contributed by atoms with van der Waals surface area (Å²) in [5, 5.41) is 0. The molecule has 136 valence electrons. The molecule has 0 amide bonds. The Kier molecular flexibility index (Phi) is 6.32. The van der Waals surface area contributed by atoms with Crippen molar-refractivity contribution in [3.05, 3.63) is 59.7 Å². The molecule has 0 radical (unpaired) electrons. The number of carbonyl (C=O) groups is 3. The average molecular weight is 358 g/mol. The summed E-state index contributed by atoms with van der Waals surface area (Å²) in [6.07, 6.45) is -0.970. The number of hydrogen-bond acceptors (Lipinski definition) is 7. The van der Waals surface area contributed by atoms with E-state index in [1.807, 2.05) is 0 Å². The molecule has 0 aromatic heterocycles. The molecule has 0 aliphatic rings. The minimum absolute atomic E-state index is 0.0371. The van der Waals surface area contributed by atoms with Crippen LogP contribution >= 0.6 is 0 Å². The molecule has 7 nitrogen and oxygen atoms in total. The Morgan fingerprint density at radius 2 is 1.50 bits per heavy atom. The van der Waals surface area contributed by atoms with Crippen LogP contribution < -0.4 is 9.47 Å². The van der Waals surface area contributed by atoms with Crippen LogP contribution in [0.15, 0.2) is 48.5 Å². The van der Waals surface area contributed by atoms with Crippen molar-refractivity contribution < 1.29 is 33.3 Å². The summed E-state index contributed by atoms with van der Waals surface area (Å²) in [7, 11) is 2.46. The summed E-state index contributed by atoms with van der Waals surface area (Å²) in [5.74, 6) is -1.72. The lowest BCUT2D eigenvalue weighted by molar-refractivity contribution is -0.147. The van der Waals surface area contributed by atoms with Crippen molar-refractivity contribution >= 4 is 17.9 Å². The zero-order chi connectivity index (χ0) is 19.1. The van der Waals surface area contributed by atoms with Gasteiger partial charge in [-0.15, -0.1) is 0 Å². The Balaban J connectivity index is 2.32. The van der Waals surface area contributed by atoms with E-state index in [4.69, 9.17) is 9.47 Å². The number of esters is 3. The van der Waals surface area contributed by atoms with Gasteiger partial charge in [0.25, 0.3) is 0 Å². The molecule has 0 saturated carbocycles. The van der Waals surface area contributed by atoms with Crippen molar-refractivity contribution in [3.8, 4) is 11.5 Å². The van der Waals surface area contributed by atoms with Crippen LogP contribution in [0.1, 0.15) is 27.6 Å². The summed E-state index contributed by atoms with van der Waals surface area (Å²) < 4.78 is 20.1. The Hall–Kier alpha value is -3.35. The molecule has 0 aliphatic heterocycles. The van der Waals surface area contributed by atoms with E-state index in [0.717, 1.165) is 0 Å². The van der Waals surface area contributed by atoms with Crippen LogP contribution in [0.3, 0.4) is 0 Å². The van der Waals surface area contributed by atoms with Crippen LogP contribution in [0.2, 0.25) is 0 Å². The number of rotatable bonds is 6. The predicted octanol–water partition coefficient (Wildman–Crippen LogP) is 2.63. The highest BCUT2D eigenvalue weighted by atomic mass is 16.6. The van der Waals surface area contributed by atoms with Gasteiger partial charge >= 0.3 is 17.9 Å². The van der Waals surface area contributed by atoms with Gasteiger partial charge in [0.05, 0.1) is 25.3 Å². The van der Waals surface area contributed by atoms with Crippen molar-refractivity contribution in [2.45, 2.75) is 13.0 Å². The highest BCUT2D eigenvalue weighted by Gasteiger charge is 2.21. The minimum Gasteiger partial charge on any atom is -0.475 e. The first-order valence-corrected chi connectivity index (χ1v) is 7.70. The fourth-order valence-electron chi connectivity index (χ4n) is 2.07. The molecule has 2 aromatic carbocycles. The highest BCUT2D eigenvalue weighted by Crippen LogP contribution is 2.30. The van der Waals surface area contributed by atoms with Gasteiger partial charge in [-0.05, 0) is 37.3 Å². The lowest BCUT2D eigenvalue weighted by Gasteiger charge is -2.16. The third-order valence-corrected chi connectivity index (χ3v) is 3.41. The summed E-state index contributed by atoms with van der Waals surface area (Å²) in [6.45, 7) is 1.47. The van der Waals surface area contributed by atoms with Crippen LogP contribution in [0, 0.1) is 0 Å². The van der Waals surface area contributed by atoms with Crippen molar-refractivity contribution in [3.63, 3.8) is 0 Å². The monoisotopic (exact) mass is 358 g/mol. The van der Waals surface area contributed by atoms with Crippen LogP contribution in [0.25, 0.3) is 0 Å². The zero-order valence-corrected chi connectivity index (χ0v) is 14.6. The summed E-state index contributed by atoms with van der Waals surface area (Å²) in [6, 6.07) is 12.5. The van der Waals surface area contributed by atoms with Gasteiger partial charge in [-0.1, -0.05) is 18.2 Å². The molecule has 1 atom stereocenters. The summed E-state index contributed by atoms with van der Waals surface area (Å²) >= 11 is 0. The van der Waals surface area contributed by atoms with Crippen LogP contribution in [-0.2, 0) is 14.3 Å². The topological polar surface area (TPSA) is 88.1 Å². The fraction of sp³-hybridized carbons (Fsp3) is 0.211. The Morgan fingerprint density at radius 3 is 2.12 bits per heavy atom. The lowest BCUT2D eigenvalue weighted by Crippen LogP contribution is -2.25. The molecule has 0 saturated heterocycles. The summed E-state index contributed by atoms with van der Waals surface area (Å²) in [4.78, 5) is 35.6. The number of benzene rings is 2. The van der Waals surface area contributed by atoms with Crippen molar-refractivity contribution in [2.75, 3.05) is 14.2 Å². The first-order valence-electron chi connectivity index (χ1n) is 7.70. The Labute approximate surface area is 150 Å². The molecule has 0 heterocycles. The average Bonchev–Trinajstić information content (AvgIpc) is 2.68. The molecule has 2 aromatic rings. The normalized spacial score (nSPS) is 11.2. The second-order valence-corrected chi connectivity index (χ2v) is 5.19. The van der Waals surface area contributed by atoms with E-state index in [0.29, 0.717) is 5.56 Å². The number of carbonyl (C=O) groups excluding carboxylic acids is 3. The largest absolute Gasteiger partial charge is 0.475 e. The van der Waals surface area contributed by atoms with Crippen molar-refractivity contribution in [1.82, 2.24) is 0 Å². The van der Waals surface area contributed by atoms with Crippen LogP contribution in [0.4, 0.5) is 0 Å². The van der Waals surface area contributed by atoms with Gasteiger partial charge in [0.2, 0.25) is 0 Å². The van der Waals surface area contributed by atoms with E-state index in [-0.39, 0.29) is 17.1 Å². The van der Waals surface area contributed by atoms with E-state index >= 15 is 0 Å². The first kappa shape index (κ1) is 19.0. The van der Waals surface area contributed by atoms with Gasteiger partial charge in [-0.2, -0.15) is 0 Å². The Morgan fingerprint density at radius 1 is 0.808 bits per heavy atom. The Bertz CT molecular complexity index is 799. The zero-order valence-electron chi connectivity index (χ0n) is 14.6. The van der Waals surface area contributed by atoms with Crippen molar-refractivity contribution in [1.29, 1.82) is 0 Å². The third kappa shape index (κ3) is 4.60. The second kappa shape index (κ2) is 8.66. The van der Waals surface area contributed by atoms with Crippen LogP contribution in [-0.4, -0.2) is 38.2 Å². The van der Waals surface area contributed by atoms with Crippen LogP contribution in [0.5, 0.6) is 11.5 Å². The lowest BCUT2D eigenvalue weighted by atomic mass is 10.2. The molecule has 0 fully saturated rings. The maximum atomic E-state index is 12.3. The van der Waals surface area contributed by atoms with Crippen molar-refractivity contribution in [2.24, 2.45) is 0 Å². The second-order valence-electron chi connectivity index (χ2n) is 5.19. The van der Waals surface area contributed by atoms with Gasteiger partial charge in [-0.3, -0.25) is 0 Å².